The summed E-state index contributed by atoms with van der Waals surface area (Å²) in [6.45, 7) is 1.64. The highest BCUT2D eigenvalue weighted by atomic mass is 19.1. The fourth-order valence-corrected chi connectivity index (χ4v) is 2.97. The molecule has 6 heteroatoms. The van der Waals surface area contributed by atoms with Crippen molar-refractivity contribution < 1.29 is 9.18 Å². The fourth-order valence-electron chi connectivity index (χ4n) is 2.97. The second-order valence-electron chi connectivity index (χ2n) is 5.94. The van der Waals surface area contributed by atoms with Gasteiger partial charge in [0.1, 0.15) is 17.7 Å². The standard InChI is InChI=1S/C17H21FN4O/c1-22-9-8-20-16(22)15(12-4-2-6-14(18)10-12)21-17(23)13-5-3-7-19-11-13/h2,4,6,8-10,13,15,19H,3,5,7,11H2,1H3,(H,21,23). The lowest BCUT2D eigenvalue weighted by molar-refractivity contribution is -0.126. The number of halogens is 1. The number of aromatic nitrogens is 2. The second kappa shape index (κ2) is 6.91. The van der Waals surface area contributed by atoms with E-state index in [1.165, 1.54) is 12.1 Å². The zero-order valence-electron chi connectivity index (χ0n) is 13.1. The number of aryl methyl sites for hydroxylation is 1. The van der Waals surface area contributed by atoms with Crippen molar-refractivity contribution in [3.05, 3.63) is 53.9 Å². The van der Waals surface area contributed by atoms with Gasteiger partial charge in [-0.25, -0.2) is 9.37 Å². The van der Waals surface area contributed by atoms with Gasteiger partial charge in [-0.2, -0.15) is 0 Å². The lowest BCUT2D eigenvalue weighted by atomic mass is 9.97. The lowest BCUT2D eigenvalue weighted by Crippen LogP contribution is -2.42. The number of nitrogens with one attached hydrogen (secondary N) is 2. The van der Waals surface area contributed by atoms with Crippen LogP contribution in [-0.2, 0) is 11.8 Å². The van der Waals surface area contributed by atoms with Crippen molar-refractivity contribution in [2.24, 2.45) is 13.0 Å². The van der Waals surface area contributed by atoms with E-state index in [-0.39, 0.29) is 17.6 Å². The zero-order chi connectivity index (χ0) is 16.2. The van der Waals surface area contributed by atoms with Crippen LogP contribution in [0, 0.1) is 11.7 Å². The molecule has 1 aromatic heterocycles. The Morgan fingerprint density at radius 2 is 2.39 bits per heavy atom. The molecule has 1 fully saturated rings. The highest BCUT2D eigenvalue weighted by Gasteiger charge is 2.26. The van der Waals surface area contributed by atoms with Crippen LogP contribution in [0.25, 0.3) is 0 Å². The minimum atomic E-state index is -0.458. The summed E-state index contributed by atoms with van der Waals surface area (Å²) in [5.41, 5.74) is 0.691. The van der Waals surface area contributed by atoms with Gasteiger partial charge in [0.2, 0.25) is 5.91 Å². The number of imidazole rings is 1. The molecule has 23 heavy (non-hydrogen) atoms. The van der Waals surface area contributed by atoms with Crippen molar-refractivity contribution in [1.29, 1.82) is 0 Å². The molecule has 1 aliphatic rings. The number of benzene rings is 1. The van der Waals surface area contributed by atoms with Gasteiger partial charge in [-0.15, -0.1) is 0 Å². The minimum absolute atomic E-state index is 0.0190. The first-order valence-electron chi connectivity index (χ1n) is 7.89. The van der Waals surface area contributed by atoms with Gasteiger partial charge in [-0.3, -0.25) is 4.79 Å². The van der Waals surface area contributed by atoms with Gasteiger partial charge in [-0.1, -0.05) is 12.1 Å². The monoisotopic (exact) mass is 316 g/mol. The number of carbonyl (C=O) groups is 1. The van der Waals surface area contributed by atoms with Gasteiger partial charge < -0.3 is 15.2 Å². The number of carbonyl (C=O) groups excluding carboxylic acids is 1. The molecule has 2 unspecified atom stereocenters. The van der Waals surface area contributed by atoms with Gasteiger partial charge in [0.25, 0.3) is 0 Å². The maximum absolute atomic E-state index is 13.6. The number of rotatable bonds is 4. The molecule has 2 N–H and O–H groups in total. The third-order valence-corrected chi connectivity index (χ3v) is 4.25. The molecule has 0 bridgehead atoms. The highest BCUT2D eigenvalue weighted by molar-refractivity contribution is 5.79. The average Bonchev–Trinajstić information content (AvgIpc) is 2.99. The normalized spacial score (nSPS) is 19.3. The van der Waals surface area contributed by atoms with E-state index in [0.717, 1.165) is 19.4 Å². The van der Waals surface area contributed by atoms with Crippen molar-refractivity contribution in [2.75, 3.05) is 13.1 Å². The SMILES string of the molecule is Cn1ccnc1C(NC(=O)C1CCCNC1)c1cccc(F)c1. The molecule has 0 spiro atoms. The van der Waals surface area contributed by atoms with Crippen molar-refractivity contribution >= 4 is 5.91 Å². The van der Waals surface area contributed by atoms with Crippen LogP contribution < -0.4 is 10.6 Å². The first-order chi connectivity index (χ1) is 11.1. The molecular formula is C17H21FN4O. The molecule has 1 saturated heterocycles. The van der Waals surface area contributed by atoms with E-state index in [9.17, 15) is 9.18 Å². The molecule has 0 aliphatic carbocycles. The number of hydrogen-bond donors (Lipinski definition) is 2. The van der Waals surface area contributed by atoms with Crippen LogP contribution in [0.4, 0.5) is 4.39 Å². The summed E-state index contributed by atoms with van der Waals surface area (Å²) in [7, 11) is 1.86. The van der Waals surface area contributed by atoms with E-state index in [4.69, 9.17) is 0 Å². The quantitative estimate of drug-likeness (QED) is 0.904. The van der Waals surface area contributed by atoms with Crippen LogP contribution in [-0.4, -0.2) is 28.5 Å². The third kappa shape index (κ3) is 3.59. The summed E-state index contributed by atoms with van der Waals surface area (Å²) < 4.78 is 15.5. The first kappa shape index (κ1) is 15.7. The minimum Gasteiger partial charge on any atom is -0.342 e. The van der Waals surface area contributed by atoms with E-state index >= 15 is 0 Å². The van der Waals surface area contributed by atoms with Gasteiger partial charge in [-0.05, 0) is 37.1 Å². The molecule has 2 atom stereocenters. The van der Waals surface area contributed by atoms with Gasteiger partial charge in [0.05, 0.1) is 5.92 Å². The number of hydrogen-bond acceptors (Lipinski definition) is 3. The Bertz CT molecular complexity index is 679. The maximum atomic E-state index is 13.6. The van der Waals surface area contributed by atoms with Gasteiger partial charge in [0.15, 0.2) is 0 Å². The average molecular weight is 316 g/mol. The van der Waals surface area contributed by atoms with Crippen LogP contribution in [0.5, 0.6) is 0 Å². The molecule has 1 amide bonds. The van der Waals surface area contributed by atoms with Gasteiger partial charge >= 0.3 is 0 Å². The lowest BCUT2D eigenvalue weighted by Gasteiger charge is -2.25. The second-order valence-corrected chi connectivity index (χ2v) is 5.94. The molecule has 2 heterocycles. The van der Waals surface area contributed by atoms with E-state index in [1.807, 2.05) is 23.9 Å². The maximum Gasteiger partial charge on any atom is 0.225 e. The Morgan fingerprint density at radius 3 is 3.04 bits per heavy atom. The van der Waals surface area contributed by atoms with Crippen molar-refractivity contribution in [2.45, 2.75) is 18.9 Å². The molecule has 0 saturated carbocycles. The third-order valence-electron chi connectivity index (χ3n) is 4.25. The fraction of sp³-hybridized carbons (Fsp3) is 0.412. The predicted octanol–water partition coefficient (Wildman–Crippen LogP) is 1.76. The Morgan fingerprint density at radius 1 is 1.52 bits per heavy atom. The molecular weight excluding hydrogens is 295 g/mol. The summed E-state index contributed by atoms with van der Waals surface area (Å²) >= 11 is 0. The molecule has 3 rings (SSSR count). The van der Waals surface area contributed by atoms with Crippen LogP contribution in [0.1, 0.15) is 30.3 Å². The number of nitrogens with zero attached hydrogens (tertiary/aromatic N) is 2. The van der Waals surface area contributed by atoms with Crippen molar-refractivity contribution in [1.82, 2.24) is 20.2 Å². The van der Waals surface area contributed by atoms with E-state index < -0.39 is 6.04 Å². The number of amides is 1. The summed E-state index contributed by atoms with van der Waals surface area (Å²) in [6, 6.07) is 5.83. The predicted molar refractivity (Wildman–Crippen MR) is 85.2 cm³/mol. The molecule has 122 valence electrons. The smallest absolute Gasteiger partial charge is 0.225 e. The summed E-state index contributed by atoms with van der Waals surface area (Å²) in [5.74, 6) is 0.289. The van der Waals surface area contributed by atoms with E-state index in [1.54, 1.807) is 12.3 Å². The van der Waals surface area contributed by atoms with Crippen molar-refractivity contribution in [3.63, 3.8) is 0 Å². The van der Waals surface area contributed by atoms with E-state index in [2.05, 4.69) is 15.6 Å². The largest absolute Gasteiger partial charge is 0.342 e. The molecule has 2 aromatic rings. The van der Waals surface area contributed by atoms with E-state index in [0.29, 0.717) is 17.9 Å². The Balaban J connectivity index is 1.86. The number of piperidine rings is 1. The van der Waals surface area contributed by atoms with Crippen LogP contribution >= 0.6 is 0 Å². The summed E-state index contributed by atoms with van der Waals surface area (Å²) in [6.07, 6.45) is 5.35. The Kier molecular flexibility index (Phi) is 4.71. The summed E-state index contributed by atoms with van der Waals surface area (Å²) in [5, 5.41) is 6.29. The Hall–Kier alpha value is -2.21. The van der Waals surface area contributed by atoms with Crippen LogP contribution in [0.3, 0.4) is 0 Å². The van der Waals surface area contributed by atoms with Gasteiger partial charge in [0, 0.05) is 26.0 Å². The summed E-state index contributed by atoms with van der Waals surface area (Å²) in [4.78, 5) is 16.9. The highest BCUT2D eigenvalue weighted by Crippen LogP contribution is 2.22. The van der Waals surface area contributed by atoms with Crippen molar-refractivity contribution in [3.8, 4) is 0 Å². The zero-order valence-corrected chi connectivity index (χ0v) is 13.1. The molecule has 0 radical (unpaired) electrons. The Labute approximate surface area is 134 Å². The van der Waals surface area contributed by atoms with Crippen LogP contribution in [0.15, 0.2) is 36.7 Å². The molecule has 1 aliphatic heterocycles. The topological polar surface area (TPSA) is 59.0 Å². The molecule has 5 nitrogen and oxygen atoms in total. The first-order valence-corrected chi connectivity index (χ1v) is 7.89. The molecule has 1 aromatic carbocycles. The van der Waals surface area contributed by atoms with Crippen LogP contribution in [0.2, 0.25) is 0 Å².